The summed E-state index contributed by atoms with van der Waals surface area (Å²) in [6.07, 6.45) is 1.22. The lowest BCUT2D eigenvalue weighted by Crippen LogP contribution is -2.49. The third kappa shape index (κ3) is 2.68. The van der Waals surface area contributed by atoms with Crippen molar-refractivity contribution in [2.24, 2.45) is 0 Å². The minimum Gasteiger partial charge on any atom is -0.375 e. The molecule has 0 saturated carbocycles. The van der Waals surface area contributed by atoms with E-state index in [2.05, 4.69) is 40.7 Å². The number of benzene rings is 1. The second-order valence-corrected chi connectivity index (χ2v) is 5.55. The lowest BCUT2D eigenvalue weighted by Gasteiger charge is -2.40. The van der Waals surface area contributed by atoms with Crippen molar-refractivity contribution in [2.75, 3.05) is 18.1 Å². The Kier molecular flexibility index (Phi) is 4.26. The molecular weight excluding hydrogens is 292 g/mol. The Morgan fingerprint density at radius 3 is 3.00 bits per heavy atom. The fourth-order valence-electron chi connectivity index (χ4n) is 2.31. The lowest BCUT2D eigenvalue weighted by atomic mass is 10.1. The maximum atomic E-state index is 9.24. The normalized spacial score (nSPS) is 23.8. The SMILES string of the molecule is CCC1COC(C)CN1c1cc(Br)ccc1C#N. The van der Waals surface area contributed by atoms with Crippen LogP contribution in [0.3, 0.4) is 0 Å². The number of nitrogens with zero attached hydrogens (tertiary/aromatic N) is 2. The Hall–Kier alpha value is -1.05. The van der Waals surface area contributed by atoms with Gasteiger partial charge in [-0.3, -0.25) is 0 Å². The van der Waals surface area contributed by atoms with E-state index in [9.17, 15) is 5.26 Å². The third-order valence-electron chi connectivity index (χ3n) is 3.33. The lowest BCUT2D eigenvalue weighted by molar-refractivity contribution is 0.0299. The molecule has 96 valence electrons. The van der Waals surface area contributed by atoms with Crippen molar-refractivity contribution >= 4 is 21.6 Å². The number of anilines is 1. The van der Waals surface area contributed by atoms with E-state index in [0.29, 0.717) is 6.04 Å². The molecule has 0 aliphatic carbocycles. The van der Waals surface area contributed by atoms with Crippen LogP contribution >= 0.6 is 15.9 Å². The first kappa shape index (κ1) is 13.4. The molecule has 4 heteroatoms. The van der Waals surface area contributed by atoms with Gasteiger partial charge >= 0.3 is 0 Å². The van der Waals surface area contributed by atoms with Gasteiger partial charge in [-0.1, -0.05) is 22.9 Å². The van der Waals surface area contributed by atoms with Crippen LogP contribution in [-0.2, 0) is 4.74 Å². The van der Waals surface area contributed by atoms with Gasteiger partial charge in [0.15, 0.2) is 0 Å². The maximum absolute atomic E-state index is 9.24. The Balaban J connectivity index is 2.38. The summed E-state index contributed by atoms with van der Waals surface area (Å²) < 4.78 is 6.71. The highest BCUT2D eigenvalue weighted by atomic mass is 79.9. The minimum atomic E-state index is 0.207. The minimum absolute atomic E-state index is 0.207. The summed E-state index contributed by atoms with van der Waals surface area (Å²) in [6, 6.07) is 8.43. The number of nitriles is 1. The monoisotopic (exact) mass is 308 g/mol. The van der Waals surface area contributed by atoms with Crippen molar-refractivity contribution in [1.82, 2.24) is 0 Å². The Bertz CT molecular complexity index is 469. The first-order valence-corrected chi connectivity index (χ1v) is 7.03. The summed E-state index contributed by atoms with van der Waals surface area (Å²) >= 11 is 3.48. The van der Waals surface area contributed by atoms with Crippen LogP contribution in [0.2, 0.25) is 0 Å². The number of rotatable bonds is 2. The van der Waals surface area contributed by atoms with Gasteiger partial charge in [0.1, 0.15) is 6.07 Å². The van der Waals surface area contributed by atoms with Gasteiger partial charge in [-0.05, 0) is 31.5 Å². The topological polar surface area (TPSA) is 36.3 Å². The van der Waals surface area contributed by atoms with Gasteiger partial charge in [0, 0.05) is 11.0 Å². The largest absolute Gasteiger partial charge is 0.375 e. The number of halogens is 1. The fraction of sp³-hybridized carbons (Fsp3) is 0.500. The third-order valence-corrected chi connectivity index (χ3v) is 3.82. The van der Waals surface area contributed by atoms with Crippen molar-refractivity contribution in [2.45, 2.75) is 32.4 Å². The van der Waals surface area contributed by atoms with E-state index >= 15 is 0 Å². The zero-order valence-corrected chi connectivity index (χ0v) is 12.3. The summed E-state index contributed by atoms with van der Waals surface area (Å²) in [5.74, 6) is 0. The van der Waals surface area contributed by atoms with Crippen LogP contribution in [0.4, 0.5) is 5.69 Å². The Labute approximate surface area is 116 Å². The predicted octanol–water partition coefficient (Wildman–Crippen LogP) is 3.32. The molecule has 18 heavy (non-hydrogen) atoms. The van der Waals surface area contributed by atoms with Gasteiger partial charge in [-0.25, -0.2) is 0 Å². The average molecular weight is 309 g/mol. The molecule has 2 atom stereocenters. The molecule has 0 bridgehead atoms. The van der Waals surface area contributed by atoms with Crippen LogP contribution in [0.5, 0.6) is 0 Å². The van der Waals surface area contributed by atoms with Crippen molar-refractivity contribution in [3.8, 4) is 6.07 Å². The highest BCUT2D eigenvalue weighted by Crippen LogP contribution is 2.29. The van der Waals surface area contributed by atoms with Crippen molar-refractivity contribution < 1.29 is 4.74 Å². The van der Waals surface area contributed by atoms with E-state index in [1.54, 1.807) is 0 Å². The molecule has 0 amide bonds. The van der Waals surface area contributed by atoms with Crippen molar-refractivity contribution in [3.05, 3.63) is 28.2 Å². The summed E-state index contributed by atoms with van der Waals surface area (Å²) in [5, 5.41) is 9.24. The van der Waals surface area contributed by atoms with Crippen LogP contribution in [0, 0.1) is 11.3 Å². The van der Waals surface area contributed by atoms with Gasteiger partial charge in [-0.2, -0.15) is 5.26 Å². The van der Waals surface area contributed by atoms with E-state index in [1.165, 1.54) is 0 Å². The first-order chi connectivity index (χ1) is 8.65. The standard InChI is InChI=1S/C14H17BrN2O/c1-3-13-9-18-10(2)8-17(13)14-6-12(15)5-4-11(14)7-16/h4-6,10,13H,3,8-9H2,1-2H3. The number of hydrogen-bond acceptors (Lipinski definition) is 3. The van der Waals surface area contributed by atoms with Gasteiger partial charge in [0.2, 0.25) is 0 Å². The molecule has 1 aliphatic rings. The molecule has 1 aliphatic heterocycles. The number of morpholine rings is 1. The molecule has 1 aromatic rings. The van der Waals surface area contributed by atoms with Gasteiger partial charge in [0.25, 0.3) is 0 Å². The van der Waals surface area contributed by atoms with Crippen LogP contribution in [0.1, 0.15) is 25.8 Å². The molecule has 1 heterocycles. The Morgan fingerprint density at radius 2 is 2.33 bits per heavy atom. The number of hydrogen-bond donors (Lipinski definition) is 0. The highest BCUT2D eigenvalue weighted by molar-refractivity contribution is 9.10. The predicted molar refractivity (Wildman–Crippen MR) is 75.7 cm³/mol. The van der Waals surface area contributed by atoms with E-state index in [-0.39, 0.29) is 6.10 Å². The molecule has 1 aromatic carbocycles. The Morgan fingerprint density at radius 1 is 1.56 bits per heavy atom. The maximum Gasteiger partial charge on any atom is 0.101 e. The van der Waals surface area contributed by atoms with E-state index in [0.717, 1.165) is 35.3 Å². The van der Waals surface area contributed by atoms with Gasteiger partial charge in [-0.15, -0.1) is 0 Å². The first-order valence-electron chi connectivity index (χ1n) is 6.23. The fourth-order valence-corrected chi connectivity index (χ4v) is 2.66. The number of ether oxygens (including phenoxy) is 1. The second kappa shape index (κ2) is 5.73. The quantitative estimate of drug-likeness (QED) is 0.841. The molecular formula is C14H17BrN2O. The van der Waals surface area contributed by atoms with E-state index < -0.39 is 0 Å². The molecule has 0 spiro atoms. The molecule has 2 unspecified atom stereocenters. The smallest absolute Gasteiger partial charge is 0.101 e. The van der Waals surface area contributed by atoms with Gasteiger partial charge in [0.05, 0.1) is 30.0 Å². The molecule has 2 rings (SSSR count). The van der Waals surface area contributed by atoms with Crippen molar-refractivity contribution in [3.63, 3.8) is 0 Å². The van der Waals surface area contributed by atoms with Crippen LogP contribution in [0.25, 0.3) is 0 Å². The summed E-state index contributed by atoms with van der Waals surface area (Å²) in [6.45, 7) is 5.79. The highest BCUT2D eigenvalue weighted by Gasteiger charge is 2.27. The molecule has 0 N–H and O–H groups in total. The van der Waals surface area contributed by atoms with E-state index in [4.69, 9.17) is 4.74 Å². The molecule has 0 aromatic heterocycles. The van der Waals surface area contributed by atoms with Crippen LogP contribution in [0.15, 0.2) is 22.7 Å². The summed E-state index contributed by atoms with van der Waals surface area (Å²) in [5.41, 5.74) is 1.74. The second-order valence-electron chi connectivity index (χ2n) is 4.63. The molecule has 1 fully saturated rings. The summed E-state index contributed by atoms with van der Waals surface area (Å²) in [4.78, 5) is 2.30. The van der Waals surface area contributed by atoms with Crippen molar-refractivity contribution in [1.29, 1.82) is 5.26 Å². The zero-order valence-electron chi connectivity index (χ0n) is 10.7. The zero-order chi connectivity index (χ0) is 13.1. The average Bonchev–Trinajstić information content (AvgIpc) is 2.38. The van der Waals surface area contributed by atoms with Gasteiger partial charge < -0.3 is 9.64 Å². The summed E-state index contributed by atoms with van der Waals surface area (Å²) in [7, 11) is 0. The van der Waals surface area contributed by atoms with Crippen LogP contribution in [-0.4, -0.2) is 25.3 Å². The molecule has 0 radical (unpaired) electrons. The van der Waals surface area contributed by atoms with Crippen LogP contribution < -0.4 is 4.90 Å². The molecule has 1 saturated heterocycles. The van der Waals surface area contributed by atoms with E-state index in [1.807, 2.05) is 18.2 Å². The molecule has 3 nitrogen and oxygen atoms in total.